The summed E-state index contributed by atoms with van der Waals surface area (Å²) < 4.78 is 6.06. The molecule has 1 heterocycles. The lowest BCUT2D eigenvalue weighted by Gasteiger charge is -2.37. The quantitative estimate of drug-likeness (QED) is 0.696. The minimum atomic E-state index is 0.408. The number of hydrogen-bond acceptors (Lipinski definition) is 3. The van der Waals surface area contributed by atoms with Crippen molar-refractivity contribution in [3.63, 3.8) is 0 Å². The van der Waals surface area contributed by atoms with Gasteiger partial charge >= 0.3 is 0 Å². The molecule has 1 saturated heterocycles. The van der Waals surface area contributed by atoms with E-state index in [0.717, 1.165) is 32.2 Å². The highest BCUT2D eigenvalue weighted by molar-refractivity contribution is 4.85. The first-order valence-electron chi connectivity index (χ1n) is 8.40. The second kappa shape index (κ2) is 8.23. The predicted molar refractivity (Wildman–Crippen MR) is 80.5 cm³/mol. The first-order valence-corrected chi connectivity index (χ1v) is 8.40. The second-order valence-electron chi connectivity index (χ2n) is 6.29. The topological polar surface area (TPSA) is 24.5 Å². The van der Waals surface area contributed by atoms with Crippen LogP contribution in [0.25, 0.3) is 0 Å². The molecule has 0 amide bonds. The molecule has 0 aromatic heterocycles. The monoisotopic (exact) mass is 268 g/mol. The molecule has 0 aromatic carbocycles. The van der Waals surface area contributed by atoms with Crippen LogP contribution in [0.2, 0.25) is 0 Å². The van der Waals surface area contributed by atoms with Gasteiger partial charge in [-0.1, -0.05) is 26.7 Å². The number of rotatable bonds is 9. The SMILES string of the molecule is CCCNC(CCC1CC1)C1CN(CCC)CCO1. The van der Waals surface area contributed by atoms with Crippen LogP contribution in [0.15, 0.2) is 0 Å². The van der Waals surface area contributed by atoms with Crippen LogP contribution in [0.5, 0.6) is 0 Å². The van der Waals surface area contributed by atoms with E-state index < -0.39 is 0 Å². The molecule has 1 saturated carbocycles. The van der Waals surface area contributed by atoms with Crippen molar-refractivity contribution in [1.82, 2.24) is 10.2 Å². The molecule has 2 rings (SSSR count). The van der Waals surface area contributed by atoms with E-state index in [4.69, 9.17) is 4.74 Å². The summed E-state index contributed by atoms with van der Waals surface area (Å²) in [6, 6.07) is 0.570. The lowest BCUT2D eigenvalue weighted by Crippen LogP contribution is -2.52. The first kappa shape index (κ1) is 15.3. The van der Waals surface area contributed by atoms with E-state index in [2.05, 4.69) is 24.1 Å². The van der Waals surface area contributed by atoms with Gasteiger partial charge in [0.2, 0.25) is 0 Å². The Morgan fingerprint density at radius 1 is 1.26 bits per heavy atom. The van der Waals surface area contributed by atoms with Gasteiger partial charge in [-0.25, -0.2) is 0 Å². The summed E-state index contributed by atoms with van der Waals surface area (Å²) in [6.07, 6.45) is 8.50. The molecule has 112 valence electrons. The van der Waals surface area contributed by atoms with Crippen molar-refractivity contribution < 1.29 is 4.74 Å². The molecule has 0 aromatic rings. The van der Waals surface area contributed by atoms with E-state index in [1.54, 1.807) is 0 Å². The zero-order valence-electron chi connectivity index (χ0n) is 12.9. The summed E-state index contributed by atoms with van der Waals surface area (Å²) in [7, 11) is 0. The minimum absolute atomic E-state index is 0.408. The number of ether oxygens (including phenoxy) is 1. The van der Waals surface area contributed by atoms with Crippen LogP contribution in [0.1, 0.15) is 52.4 Å². The summed E-state index contributed by atoms with van der Waals surface area (Å²) in [5, 5.41) is 3.73. The summed E-state index contributed by atoms with van der Waals surface area (Å²) in [5.74, 6) is 1.03. The molecular formula is C16H32N2O. The van der Waals surface area contributed by atoms with Gasteiger partial charge in [0.15, 0.2) is 0 Å². The van der Waals surface area contributed by atoms with Gasteiger partial charge in [-0.3, -0.25) is 4.90 Å². The zero-order chi connectivity index (χ0) is 13.5. The smallest absolute Gasteiger partial charge is 0.0855 e. The molecule has 1 aliphatic heterocycles. The molecule has 0 spiro atoms. The molecular weight excluding hydrogens is 236 g/mol. The summed E-state index contributed by atoms with van der Waals surface area (Å²) in [5.41, 5.74) is 0. The fourth-order valence-corrected chi connectivity index (χ4v) is 3.07. The van der Waals surface area contributed by atoms with Crippen molar-refractivity contribution in [3.05, 3.63) is 0 Å². The maximum Gasteiger partial charge on any atom is 0.0855 e. The third-order valence-electron chi connectivity index (χ3n) is 4.41. The Bertz CT molecular complexity index is 241. The Kier molecular flexibility index (Phi) is 6.62. The van der Waals surface area contributed by atoms with E-state index in [1.807, 2.05) is 0 Å². The molecule has 19 heavy (non-hydrogen) atoms. The van der Waals surface area contributed by atoms with Crippen molar-refractivity contribution in [1.29, 1.82) is 0 Å². The van der Waals surface area contributed by atoms with Crippen molar-refractivity contribution in [2.75, 3.05) is 32.8 Å². The summed E-state index contributed by atoms with van der Waals surface area (Å²) in [6.45, 7) is 10.0. The van der Waals surface area contributed by atoms with Crippen LogP contribution in [0.3, 0.4) is 0 Å². The largest absolute Gasteiger partial charge is 0.374 e. The molecule has 0 radical (unpaired) electrons. The van der Waals surface area contributed by atoms with Gasteiger partial charge in [-0.15, -0.1) is 0 Å². The van der Waals surface area contributed by atoms with E-state index in [1.165, 1.54) is 45.1 Å². The van der Waals surface area contributed by atoms with Crippen LogP contribution in [-0.4, -0.2) is 49.8 Å². The Balaban J connectivity index is 1.79. The van der Waals surface area contributed by atoms with Crippen LogP contribution in [0, 0.1) is 5.92 Å². The number of nitrogens with zero attached hydrogens (tertiary/aromatic N) is 1. The van der Waals surface area contributed by atoms with Crippen molar-refractivity contribution >= 4 is 0 Å². The maximum atomic E-state index is 6.06. The van der Waals surface area contributed by atoms with Gasteiger partial charge in [0.1, 0.15) is 0 Å². The maximum absolute atomic E-state index is 6.06. The zero-order valence-corrected chi connectivity index (χ0v) is 12.9. The number of nitrogens with one attached hydrogen (secondary N) is 1. The van der Waals surface area contributed by atoms with Crippen LogP contribution in [-0.2, 0) is 4.74 Å². The van der Waals surface area contributed by atoms with Crippen molar-refractivity contribution in [2.45, 2.75) is 64.5 Å². The van der Waals surface area contributed by atoms with Crippen molar-refractivity contribution in [2.24, 2.45) is 5.92 Å². The molecule has 1 N–H and O–H groups in total. The Hall–Kier alpha value is -0.120. The molecule has 3 heteroatoms. The standard InChI is InChI=1S/C16H32N2O/c1-3-9-17-15(8-7-14-5-6-14)16-13-18(10-4-2)11-12-19-16/h14-17H,3-13H2,1-2H3. The third kappa shape index (κ3) is 5.41. The average Bonchev–Trinajstić information content (AvgIpc) is 3.24. The molecule has 2 unspecified atom stereocenters. The van der Waals surface area contributed by atoms with Gasteiger partial charge < -0.3 is 10.1 Å². The minimum Gasteiger partial charge on any atom is -0.374 e. The van der Waals surface area contributed by atoms with Gasteiger partial charge in [0, 0.05) is 19.1 Å². The van der Waals surface area contributed by atoms with Gasteiger partial charge in [0.25, 0.3) is 0 Å². The Morgan fingerprint density at radius 3 is 2.79 bits per heavy atom. The number of morpholine rings is 1. The highest BCUT2D eigenvalue weighted by atomic mass is 16.5. The van der Waals surface area contributed by atoms with Gasteiger partial charge in [-0.05, 0) is 44.7 Å². The fourth-order valence-electron chi connectivity index (χ4n) is 3.07. The average molecular weight is 268 g/mol. The van der Waals surface area contributed by atoms with E-state index in [-0.39, 0.29) is 0 Å². The Morgan fingerprint density at radius 2 is 2.11 bits per heavy atom. The van der Waals surface area contributed by atoms with E-state index in [0.29, 0.717) is 12.1 Å². The highest BCUT2D eigenvalue weighted by Crippen LogP contribution is 2.34. The predicted octanol–water partition coefficient (Wildman–Crippen LogP) is 2.66. The van der Waals surface area contributed by atoms with Gasteiger partial charge in [-0.2, -0.15) is 0 Å². The summed E-state index contributed by atoms with van der Waals surface area (Å²) in [4.78, 5) is 2.58. The third-order valence-corrected chi connectivity index (χ3v) is 4.41. The highest BCUT2D eigenvalue weighted by Gasteiger charge is 2.29. The molecule has 3 nitrogen and oxygen atoms in total. The summed E-state index contributed by atoms with van der Waals surface area (Å²) >= 11 is 0. The molecule has 0 bridgehead atoms. The van der Waals surface area contributed by atoms with Gasteiger partial charge in [0.05, 0.1) is 12.7 Å². The lowest BCUT2D eigenvalue weighted by molar-refractivity contribution is -0.0479. The second-order valence-corrected chi connectivity index (χ2v) is 6.29. The first-order chi connectivity index (χ1) is 9.33. The molecule has 2 fully saturated rings. The van der Waals surface area contributed by atoms with E-state index in [9.17, 15) is 0 Å². The van der Waals surface area contributed by atoms with Crippen LogP contribution >= 0.6 is 0 Å². The van der Waals surface area contributed by atoms with Crippen molar-refractivity contribution in [3.8, 4) is 0 Å². The molecule has 2 atom stereocenters. The molecule has 2 aliphatic rings. The molecule has 1 aliphatic carbocycles. The fraction of sp³-hybridized carbons (Fsp3) is 1.00. The lowest BCUT2D eigenvalue weighted by atomic mass is 10.0. The number of hydrogen-bond donors (Lipinski definition) is 1. The van der Waals surface area contributed by atoms with E-state index >= 15 is 0 Å². The van der Waals surface area contributed by atoms with Crippen LogP contribution in [0.4, 0.5) is 0 Å². The Labute approximate surface area is 119 Å². The van der Waals surface area contributed by atoms with Crippen LogP contribution < -0.4 is 5.32 Å². The normalized spacial score (nSPS) is 26.5.